The summed E-state index contributed by atoms with van der Waals surface area (Å²) in [6.45, 7) is 0.597. The van der Waals surface area contributed by atoms with Crippen molar-refractivity contribution in [1.82, 2.24) is 15.3 Å². The van der Waals surface area contributed by atoms with Crippen LogP contribution in [0.3, 0.4) is 0 Å². The molecule has 2 aromatic heterocycles. The van der Waals surface area contributed by atoms with Crippen LogP contribution in [0.1, 0.15) is 11.3 Å². The standard InChI is InChI=1S/C13H13N3OS/c17-13(4-3-11-2-1-6-14-8-11)15-7-5-12-9-18-10-16-12/h1-4,6,8-10H,5,7H2,(H,15,17)/b4-3-. The van der Waals surface area contributed by atoms with E-state index in [0.29, 0.717) is 6.54 Å². The van der Waals surface area contributed by atoms with Crippen molar-refractivity contribution in [3.05, 3.63) is 52.8 Å². The Kier molecular flexibility index (Phi) is 4.60. The van der Waals surface area contributed by atoms with E-state index in [1.807, 2.05) is 17.5 Å². The zero-order valence-corrected chi connectivity index (χ0v) is 10.6. The minimum Gasteiger partial charge on any atom is -0.352 e. The Balaban J connectivity index is 1.74. The Bertz CT molecular complexity index is 508. The van der Waals surface area contributed by atoms with Crippen LogP contribution < -0.4 is 5.32 Å². The maximum atomic E-state index is 11.5. The Morgan fingerprint density at radius 2 is 2.44 bits per heavy atom. The number of thiazole rings is 1. The monoisotopic (exact) mass is 259 g/mol. The Morgan fingerprint density at radius 1 is 1.50 bits per heavy atom. The second-order valence-corrected chi connectivity index (χ2v) is 4.36. The molecule has 0 unspecified atom stereocenters. The molecule has 0 saturated heterocycles. The van der Waals surface area contributed by atoms with E-state index in [1.165, 1.54) is 6.08 Å². The van der Waals surface area contributed by atoms with Gasteiger partial charge in [0.05, 0.1) is 11.2 Å². The average Bonchev–Trinajstić information content (AvgIpc) is 2.91. The van der Waals surface area contributed by atoms with E-state index in [0.717, 1.165) is 17.7 Å². The molecule has 2 aromatic rings. The second kappa shape index (κ2) is 6.66. The van der Waals surface area contributed by atoms with E-state index < -0.39 is 0 Å². The summed E-state index contributed by atoms with van der Waals surface area (Å²) < 4.78 is 0. The number of hydrogen-bond donors (Lipinski definition) is 1. The summed E-state index contributed by atoms with van der Waals surface area (Å²) in [5.41, 5.74) is 3.71. The van der Waals surface area contributed by atoms with Crippen molar-refractivity contribution in [2.45, 2.75) is 6.42 Å². The highest BCUT2D eigenvalue weighted by molar-refractivity contribution is 7.07. The summed E-state index contributed by atoms with van der Waals surface area (Å²) in [5.74, 6) is -0.103. The van der Waals surface area contributed by atoms with Crippen LogP contribution in [0.4, 0.5) is 0 Å². The fourth-order valence-electron chi connectivity index (χ4n) is 1.38. The van der Waals surface area contributed by atoms with Crippen molar-refractivity contribution in [2.24, 2.45) is 0 Å². The number of carbonyl (C=O) groups excluding carboxylic acids is 1. The Labute approximate surface area is 109 Å². The topological polar surface area (TPSA) is 54.9 Å². The van der Waals surface area contributed by atoms with Crippen molar-refractivity contribution in [3.63, 3.8) is 0 Å². The number of rotatable bonds is 5. The van der Waals surface area contributed by atoms with Gasteiger partial charge in [-0.15, -0.1) is 11.3 Å². The highest BCUT2D eigenvalue weighted by Crippen LogP contribution is 2.01. The van der Waals surface area contributed by atoms with E-state index in [1.54, 1.807) is 35.3 Å². The van der Waals surface area contributed by atoms with Crippen LogP contribution in [-0.2, 0) is 11.2 Å². The number of nitrogens with one attached hydrogen (secondary N) is 1. The number of nitrogens with zero attached hydrogens (tertiary/aromatic N) is 2. The highest BCUT2D eigenvalue weighted by atomic mass is 32.1. The number of hydrogen-bond acceptors (Lipinski definition) is 4. The van der Waals surface area contributed by atoms with E-state index >= 15 is 0 Å². The van der Waals surface area contributed by atoms with E-state index in [4.69, 9.17) is 0 Å². The highest BCUT2D eigenvalue weighted by Gasteiger charge is 1.97. The Morgan fingerprint density at radius 3 is 3.17 bits per heavy atom. The molecular formula is C13H13N3OS. The number of amides is 1. The molecule has 92 valence electrons. The molecule has 0 aliphatic rings. The molecule has 0 fully saturated rings. The Hall–Kier alpha value is -2.01. The summed E-state index contributed by atoms with van der Waals surface area (Å²) in [6, 6.07) is 3.73. The number of aromatic nitrogens is 2. The van der Waals surface area contributed by atoms with Gasteiger partial charge in [-0.25, -0.2) is 4.98 Å². The van der Waals surface area contributed by atoms with Gasteiger partial charge in [-0.3, -0.25) is 9.78 Å². The third kappa shape index (κ3) is 4.10. The molecule has 0 aromatic carbocycles. The van der Waals surface area contributed by atoms with Gasteiger partial charge >= 0.3 is 0 Å². The van der Waals surface area contributed by atoms with Crippen LogP contribution in [0, 0.1) is 0 Å². The van der Waals surface area contributed by atoms with Gasteiger partial charge in [-0.05, 0) is 17.7 Å². The zero-order valence-electron chi connectivity index (χ0n) is 9.74. The van der Waals surface area contributed by atoms with Crippen LogP contribution >= 0.6 is 11.3 Å². The smallest absolute Gasteiger partial charge is 0.244 e. The van der Waals surface area contributed by atoms with Crippen molar-refractivity contribution in [2.75, 3.05) is 6.54 Å². The van der Waals surface area contributed by atoms with Gasteiger partial charge in [0.25, 0.3) is 0 Å². The van der Waals surface area contributed by atoms with Gasteiger partial charge in [0.2, 0.25) is 5.91 Å². The SMILES string of the molecule is O=C(/C=C\c1cccnc1)NCCc1cscn1. The lowest BCUT2D eigenvalue weighted by atomic mass is 10.2. The van der Waals surface area contributed by atoms with Crippen LogP contribution in [0.2, 0.25) is 0 Å². The molecular weight excluding hydrogens is 246 g/mol. The zero-order chi connectivity index (χ0) is 12.6. The van der Waals surface area contributed by atoms with Gasteiger partial charge in [0.15, 0.2) is 0 Å². The predicted octanol–water partition coefficient (Wildman–Crippen LogP) is 1.91. The lowest BCUT2D eigenvalue weighted by Gasteiger charge is -1.99. The third-order valence-electron chi connectivity index (χ3n) is 2.28. The summed E-state index contributed by atoms with van der Waals surface area (Å²) in [7, 11) is 0. The summed E-state index contributed by atoms with van der Waals surface area (Å²) >= 11 is 1.56. The van der Waals surface area contributed by atoms with Gasteiger partial charge in [-0.1, -0.05) is 6.07 Å². The van der Waals surface area contributed by atoms with Crippen LogP contribution in [0.5, 0.6) is 0 Å². The van der Waals surface area contributed by atoms with Gasteiger partial charge in [-0.2, -0.15) is 0 Å². The second-order valence-electron chi connectivity index (χ2n) is 3.64. The van der Waals surface area contributed by atoms with Crippen molar-refractivity contribution in [3.8, 4) is 0 Å². The molecule has 0 aliphatic carbocycles. The molecule has 4 nitrogen and oxygen atoms in total. The molecule has 1 N–H and O–H groups in total. The van der Waals surface area contributed by atoms with Crippen molar-refractivity contribution < 1.29 is 4.79 Å². The van der Waals surface area contributed by atoms with Gasteiger partial charge in [0.1, 0.15) is 0 Å². The van der Waals surface area contributed by atoms with Gasteiger partial charge < -0.3 is 5.32 Å². The molecule has 5 heteroatoms. The summed E-state index contributed by atoms with van der Waals surface area (Å²) in [4.78, 5) is 19.6. The maximum Gasteiger partial charge on any atom is 0.244 e. The lowest BCUT2D eigenvalue weighted by molar-refractivity contribution is -0.116. The number of pyridine rings is 1. The first-order chi connectivity index (χ1) is 8.84. The van der Waals surface area contributed by atoms with Crippen LogP contribution in [-0.4, -0.2) is 22.4 Å². The summed E-state index contributed by atoms with van der Waals surface area (Å²) in [5, 5.41) is 4.79. The third-order valence-corrected chi connectivity index (χ3v) is 2.91. The number of carbonyl (C=O) groups is 1. The first kappa shape index (κ1) is 12.4. The summed E-state index contributed by atoms with van der Waals surface area (Å²) in [6.07, 6.45) is 7.42. The first-order valence-electron chi connectivity index (χ1n) is 5.57. The molecule has 0 spiro atoms. The minimum atomic E-state index is -0.103. The first-order valence-corrected chi connectivity index (χ1v) is 6.52. The lowest BCUT2D eigenvalue weighted by Crippen LogP contribution is -2.23. The fourth-order valence-corrected chi connectivity index (χ4v) is 1.97. The molecule has 1 amide bonds. The van der Waals surface area contributed by atoms with E-state index in [9.17, 15) is 4.79 Å². The molecule has 0 atom stereocenters. The maximum absolute atomic E-state index is 11.5. The molecule has 2 heterocycles. The molecule has 0 bridgehead atoms. The van der Waals surface area contributed by atoms with Crippen molar-refractivity contribution >= 4 is 23.3 Å². The molecule has 2 rings (SSSR count). The average molecular weight is 259 g/mol. The predicted molar refractivity (Wildman–Crippen MR) is 72.1 cm³/mol. The van der Waals surface area contributed by atoms with E-state index in [2.05, 4.69) is 15.3 Å². The molecule has 18 heavy (non-hydrogen) atoms. The minimum absolute atomic E-state index is 0.103. The fraction of sp³-hybridized carbons (Fsp3) is 0.154. The van der Waals surface area contributed by atoms with Crippen LogP contribution in [0.25, 0.3) is 6.08 Å². The van der Waals surface area contributed by atoms with Gasteiger partial charge in [0, 0.05) is 36.8 Å². The van der Waals surface area contributed by atoms with Crippen LogP contribution in [0.15, 0.2) is 41.5 Å². The molecule has 0 aliphatic heterocycles. The van der Waals surface area contributed by atoms with E-state index in [-0.39, 0.29) is 5.91 Å². The molecule has 0 saturated carbocycles. The molecule has 0 radical (unpaired) electrons. The largest absolute Gasteiger partial charge is 0.352 e. The normalized spacial score (nSPS) is 10.7. The quantitative estimate of drug-likeness (QED) is 0.834. The van der Waals surface area contributed by atoms with Crippen molar-refractivity contribution in [1.29, 1.82) is 0 Å².